The number of esters is 1. The standard InChI is InChI=1S/C16H18N2O2/c1-11-13(7-4-8-14(11)16(19)20-2)15-9-10-17-18(15)12-5-3-6-12/h4,7-10,12H,3,5-6H2,1-2H3. The summed E-state index contributed by atoms with van der Waals surface area (Å²) in [4.78, 5) is 11.8. The smallest absolute Gasteiger partial charge is 0.338 e. The third-order valence-corrected chi connectivity index (χ3v) is 4.11. The van der Waals surface area contributed by atoms with Crippen molar-refractivity contribution < 1.29 is 9.53 Å². The van der Waals surface area contributed by atoms with E-state index in [1.807, 2.05) is 31.3 Å². The molecule has 0 saturated heterocycles. The van der Waals surface area contributed by atoms with E-state index in [2.05, 4.69) is 9.78 Å². The van der Waals surface area contributed by atoms with Gasteiger partial charge in [-0.15, -0.1) is 0 Å². The summed E-state index contributed by atoms with van der Waals surface area (Å²) in [6, 6.07) is 8.25. The van der Waals surface area contributed by atoms with Crippen molar-refractivity contribution in [2.75, 3.05) is 7.11 Å². The van der Waals surface area contributed by atoms with Crippen LogP contribution < -0.4 is 0 Å². The summed E-state index contributed by atoms with van der Waals surface area (Å²) >= 11 is 0. The van der Waals surface area contributed by atoms with E-state index in [-0.39, 0.29) is 5.97 Å². The molecule has 4 heteroatoms. The second-order valence-electron chi connectivity index (χ2n) is 5.22. The van der Waals surface area contributed by atoms with Crippen LogP contribution in [-0.2, 0) is 4.74 Å². The van der Waals surface area contributed by atoms with Crippen molar-refractivity contribution in [3.8, 4) is 11.3 Å². The monoisotopic (exact) mass is 270 g/mol. The molecule has 1 fully saturated rings. The molecule has 20 heavy (non-hydrogen) atoms. The van der Waals surface area contributed by atoms with E-state index in [0.29, 0.717) is 11.6 Å². The van der Waals surface area contributed by atoms with Crippen molar-refractivity contribution in [1.82, 2.24) is 9.78 Å². The lowest BCUT2D eigenvalue weighted by Gasteiger charge is -2.28. The summed E-state index contributed by atoms with van der Waals surface area (Å²) in [5.74, 6) is -0.293. The molecule has 2 aromatic rings. The maximum Gasteiger partial charge on any atom is 0.338 e. The molecule has 1 aromatic heterocycles. The molecule has 0 aliphatic heterocycles. The fourth-order valence-corrected chi connectivity index (χ4v) is 2.69. The molecule has 1 heterocycles. The van der Waals surface area contributed by atoms with Gasteiger partial charge in [0, 0.05) is 11.8 Å². The third kappa shape index (κ3) is 2.01. The molecule has 4 nitrogen and oxygen atoms in total. The highest BCUT2D eigenvalue weighted by Gasteiger charge is 2.23. The van der Waals surface area contributed by atoms with Crippen molar-refractivity contribution in [2.45, 2.75) is 32.2 Å². The second kappa shape index (κ2) is 5.12. The van der Waals surface area contributed by atoms with Crippen LogP contribution in [0.5, 0.6) is 0 Å². The molecule has 0 bridgehead atoms. The number of carbonyl (C=O) groups excluding carboxylic acids is 1. The molecular weight excluding hydrogens is 252 g/mol. The molecule has 3 rings (SSSR count). The fourth-order valence-electron chi connectivity index (χ4n) is 2.69. The van der Waals surface area contributed by atoms with Crippen molar-refractivity contribution >= 4 is 5.97 Å². The van der Waals surface area contributed by atoms with Gasteiger partial charge < -0.3 is 4.74 Å². The number of nitrogens with zero attached hydrogens (tertiary/aromatic N) is 2. The number of hydrogen-bond acceptors (Lipinski definition) is 3. The van der Waals surface area contributed by atoms with E-state index in [4.69, 9.17) is 4.74 Å². The molecule has 0 amide bonds. The minimum absolute atomic E-state index is 0.293. The third-order valence-electron chi connectivity index (χ3n) is 4.11. The summed E-state index contributed by atoms with van der Waals surface area (Å²) in [5, 5.41) is 4.45. The molecule has 0 unspecified atom stereocenters. The van der Waals surface area contributed by atoms with E-state index in [1.54, 1.807) is 6.07 Å². The molecule has 1 aliphatic rings. The zero-order chi connectivity index (χ0) is 14.1. The Balaban J connectivity index is 2.06. The molecule has 1 aliphatic carbocycles. The minimum atomic E-state index is -0.293. The van der Waals surface area contributed by atoms with Crippen LogP contribution in [0.1, 0.15) is 41.2 Å². The zero-order valence-electron chi connectivity index (χ0n) is 11.8. The quantitative estimate of drug-likeness (QED) is 0.803. The van der Waals surface area contributed by atoms with Crippen LogP contribution in [0.25, 0.3) is 11.3 Å². The van der Waals surface area contributed by atoms with E-state index in [1.165, 1.54) is 26.4 Å². The average molecular weight is 270 g/mol. The van der Waals surface area contributed by atoms with Crippen molar-refractivity contribution in [3.63, 3.8) is 0 Å². The van der Waals surface area contributed by atoms with E-state index in [0.717, 1.165) is 16.8 Å². The Morgan fingerprint density at radius 1 is 1.35 bits per heavy atom. The van der Waals surface area contributed by atoms with Gasteiger partial charge in [-0.1, -0.05) is 12.1 Å². The molecule has 0 spiro atoms. The van der Waals surface area contributed by atoms with Gasteiger partial charge in [0.15, 0.2) is 0 Å². The first-order valence-corrected chi connectivity index (χ1v) is 6.94. The maximum absolute atomic E-state index is 11.8. The van der Waals surface area contributed by atoms with Gasteiger partial charge in [-0.05, 0) is 43.9 Å². The number of ether oxygens (including phenoxy) is 1. The Labute approximate surface area is 118 Å². The predicted octanol–water partition coefficient (Wildman–Crippen LogP) is 3.37. The van der Waals surface area contributed by atoms with Crippen LogP contribution in [0.3, 0.4) is 0 Å². The number of carbonyl (C=O) groups is 1. The Bertz CT molecular complexity index is 642. The summed E-state index contributed by atoms with van der Waals surface area (Å²) < 4.78 is 6.93. The van der Waals surface area contributed by atoms with Crippen molar-refractivity contribution in [2.24, 2.45) is 0 Å². The molecule has 0 radical (unpaired) electrons. The van der Waals surface area contributed by atoms with Gasteiger partial charge in [0.05, 0.1) is 24.4 Å². The Morgan fingerprint density at radius 2 is 2.15 bits per heavy atom. The highest BCUT2D eigenvalue weighted by atomic mass is 16.5. The largest absolute Gasteiger partial charge is 0.465 e. The highest BCUT2D eigenvalue weighted by molar-refractivity contribution is 5.93. The summed E-state index contributed by atoms with van der Waals surface area (Å²) in [5.41, 5.74) is 3.70. The van der Waals surface area contributed by atoms with Crippen LogP contribution in [0.15, 0.2) is 30.5 Å². The summed E-state index contributed by atoms with van der Waals surface area (Å²) in [7, 11) is 1.41. The molecule has 104 valence electrons. The Morgan fingerprint density at radius 3 is 2.80 bits per heavy atom. The normalized spacial score (nSPS) is 14.9. The molecule has 0 N–H and O–H groups in total. The minimum Gasteiger partial charge on any atom is -0.465 e. The van der Waals surface area contributed by atoms with Crippen LogP contribution >= 0.6 is 0 Å². The van der Waals surface area contributed by atoms with Gasteiger partial charge in [-0.25, -0.2) is 4.79 Å². The Hall–Kier alpha value is -2.10. The maximum atomic E-state index is 11.8. The van der Waals surface area contributed by atoms with E-state index < -0.39 is 0 Å². The topological polar surface area (TPSA) is 44.1 Å². The SMILES string of the molecule is COC(=O)c1cccc(-c2ccnn2C2CCC2)c1C. The fraction of sp³-hybridized carbons (Fsp3) is 0.375. The van der Waals surface area contributed by atoms with Gasteiger partial charge >= 0.3 is 5.97 Å². The lowest BCUT2D eigenvalue weighted by atomic mass is 9.92. The number of benzene rings is 1. The van der Waals surface area contributed by atoms with Crippen molar-refractivity contribution in [1.29, 1.82) is 0 Å². The summed E-state index contributed by atoms with van der Waals surface area (Å²) in [6.07, 6.45) is 5.47. The van der Waals surface area contributed by atoms with E-state index in [9.17, 15) is 4.79 Å². The van der Waals surface area contributed by atoms with Gasteiger partial charge in [0.25, 0.3) is 0 Å². The first-order chi connectivity index (χ1) is 9.72. The first-order valence-electron chi connectivity index (χ1n) is 6.94. The van der Waals surface area contributed by atoms with Crippen LogP contribution in [-0.4, -0.2) is 22.9 Å². The van der Waals surface area contributed by atoms with Crippen LogP contribution in [0.2, 0.25) is 0 Å². The lowest BCUT2D eigenvalue weighted by molar-refractivity contribution is 0.0600. The number of methoxy groups -OCH3 is 1. The number of rotatable bonds is 3. The molecular formula is C16H18N2O2. The second-order valence-corrected chi connectivity index (χ2v) is 5.22. The molecule has 0 atom stereocenters. The van der Waals surface area contributed by atoms with Crippen LogP contribution in [0, 0.1) is 6.92 Å². The lowest BCUT2D eigenvalue weighted by Crippen LogP contribution is -2.19. The van der Waals surface area contributed by atoms with Gasteiger partial charge in [0.1, 0.15) is 0 Å². The average Bonchev–Trinajstić information content (AvgIpc) is 2.85. The zero-order valence-corrected chi connectivity index (χ0v) is 11.8. The predicted molar refractivity (Wildman–Crippen MR) is 76.6 cm³/mol. The Kier molecular flexibility index (Phi) is 3.30. The van der Waals surface area contributed by atoms with Gasteiger partial charge in [-0.2, -0.15) is 5.10 Å². The summed E-state index contributed by atoms with van der Waals surface area (Å²) in [6.45, 7) is 1.96. The number of hydrogen-bond donors (Lipinski definition) is 0. The van der Waals surface area contributed by atoms with Gasteiger partial charge in [0.2, 0.25) is 0 Å². The molecule has 1 aromatic carbocycles. The van der Waals surface area contributed by atoms with Crippen LogP contribution in [0.4, 0.5) is 0 Å². The highest BCUT2D eigenvalue weighted by Crippen LogP contribution is 2.35. The number of aromatic nitrogens is 2. The van der Waals surface area contributed by atoms with Gasteiger partial charge in [-0.3, -0.25) is 4.68 Å². The van der Waals surface area contributed by atoms with E-state index >= 15 is 0 Å². The first kappa shape index (κ1) is 12.9. The van der Waals surface area contributed by atoms with Crippen molar-refractivity contribution in [3.05, 3.63) is 41.6 Å². The molecule has 1 saturated carbocycles.